The highest BCUT2D eigenvalue weighted by molar-refractivity contribution is 8.00. The van der Waals surface area contributed by atoms with Gasteiger partial charge in [-0.1, -0.05) is 18.2 Å². The SMILES string of the molecule is COc1cc(/C=C(\NC(=O)c2ccccc2)C(=O)Nc2ccc(SC3CC(=O)N(c4ccc(C(N)=O)cc4)C3=O)cc2)cc(OC)c1OC. The number of carbonyl (C=O) groups excluding carboxylic acids is 5. The van der Waals surface area contributed by atoms with Crippen LogP contribution in [0.25, 0.3) is 6.08 Å². The number of ether oxygens (including phenoxy) is 3. The number of carbonyl (C=O) groups is 5. The number of imide groups is 1. The molecule has 1 aliphatic heterocycles. The number of hydrogen-bond donors (Lipinski definition) is 3. The molecule has 1 aliphatic rings. The molecule has 250 valence electrons. The summed E-state index contributed by atoms with van der Waals surface area (Å²) in [5, 5.41) is 4.83. The first-order chi connectivity index (χ1) is 23.6. The summed E-state index contributed by atoms with van der Waals surface area (Å²) >= 11 is 1.22. The Morgan fingerprint density at radius 3 is 2.04 bits per heavy atom. The minimum absolute atomic E-state index is 0.00421. The smallest absolute Gasteiger partial charge is 0.272 e. The molecule has 12 nitrogen and oxygen atoms in total. The summed E-state index contributed by atoms with van der Waals surface area (Å²) in [6.07, 6.45) is 1.48. The highest BCUT2D eigenvalue weighted by Crippen LogP contribution is 2.39. The first kappa shape index (κ1) is 34.3. The topological polar surface area (TPSA) is 166 Å². The highest BCUT2D eigenvalue weighted by Gasteiger charge is 2.40. The molecule has 13 heteroatoms. The van der Waals surface area contributed by atoms with Gasteiger partial charge in [0.1, 0.15) is 5.70 Å². The summed E-state index contributed by atoms with van der Waals surface area (Å²) in [4.78, 5) is 65.8. The zero-order chi connectivity index (χ0) is 35.1. The van der Waals surface area contributed by atoms with Crippen molar-refractivity contribution in [2.75, 3.05) is 31.5 Å². The third-order valence-electron chi connectivity index (χ3n) is 7.43. The number of thioether (sulfide) groups is 1. The number of nitrogens with one attached hydrogen (secondary N) is 2. The Morgan fingerprint density at radius 2 is 1.47 bits per heavy atom. The maximum absolute atomic E-state index is 13.6. The van der Waals surface area contributed by atoms with Crippen LogP contribution < -0.4 is 35.5 Å². The number of nitrogens with two attached hydrogens (primary N) is 1. The summed E-state index contributed by atoms with van der Waals surface area (Å²) in [7, 11) is 4.42. The molecule has 1 fully saturated rings. The Balaban J connectivity index is 1.33. The molecule has 5 rings (SSSR count). The van der Waals surface area contributed by atoms with E-state index in [2.05, 4.69) is 10.6 Å². The number of nitrogens with zero attached hydrogens (tertiary/aromatic N) is 1. The lowest BCUT2D eigenvalue weighted by Crippen LogP contribution is -2.31. The second-order valence-corrected chi connectivity index (χ2v) is 11.9. The van der Waals surface area contributed by atoms with Gasteiger partial charge in [0.15, 0.2) is 11.5 Å². The van der Waals surface area contributed by atoms with Crippen molar-refractivity contribution in [1.82, 2.24) is 5.32 Å². The Labute approximate surface area is 286 Å². The van der Waals surface area contributed by atoms with Gasteiger partial charge >= 0.3 is 0 Å². The van der Waals surface area contributed by atoms with Gasteiger partial charge in [-0.2, -0.15) is 0 Å². The molecule has 0 bridgehead atoms. The second kappa shape index (κ2) is 15.2. The quantitative estimate of drug-likeness (QED) is 0.143. The molecule has 1 atom stereocenters. The number of methoxy groups -OCH3 is 3. The fourth-order valence-electron chi connectivity index (χ4n) is 5.02. The predicted molar refractivity (Wildman–Crippen MR) is 185 cm³/mol. The van der Waals surface area contributed by atoms with Crippen LogP contribution in [0, 0.1) is 0 Å². The van der Waals surface area contributed by atoms with Crippen LogP contribution in [-0.2, 0) is 14.4 Å². The molecule has 49 heavy (non-hydrogen) atoms. The van der Waals surface area contributed by atoms with Gasteiger partial charge in [-0.05, 0) is 84.4 Å². The van der Waals surface area contributed by atoms with E-state index in [0.29, 0.717) is 44.6 Å². The van der Waals surface area contributed by atoms with Crippen LogP contribution in [0.1, 0.15) is 32.7 Å². The third kappa shape index (κ3) is 7.91. The van der Waals surface area contributed by atoms with Crippen molar-refractivity contribution in [2.24, 2.45) is 5.73 Å². The highest BCUT2D eigenvalue weighted by atomic mass is 32.2. The van der Waals surface area contributed by atoms with Gasteiger partial charge in [0, 0.05) is 28.1 Å². The van der Waals surface area contributed by atoms with Crippen molar-refractivity contribution in [3.63, 3.8) is 0 Å². The van der Waals surface area contributed by atoms with E-state index < -0.39 is 23.0 Å². The van der Waals surface area contributed by atoms with E-state index in [0.717, 1.165) is 4.90 Å². The Kier molecular flexibility index (Phi) is 10.6. The van der Waals surface area contributed by atoms with Crippen LogP contribution in [0.15, 0.2) is 102 Å². The number of primary amides is 1. The van der Waals surface area contributed by atoms with Crippen LogP contribution in [0.4, 0.5) is 11.4 Å². The Hall–Kier alpha value is -6.08. The first-order valence-electron chi connectivity index (χ1n) is 14.8. The average Bonchev–Trinajstić information content (AvgIpc) is 3.39. The van der Waals surface area contributed by atoms with Gasteiger partial charge in [-0.25, -0.2) is 4.90 Å². The summed E-state index contributed by atoms with van der Waals surface area (Å²) in [5.41, 5.74) is 7.13. The summed E-state index contributed by atoms with van der Waals surface area (Å²) in [6, 6.07) is 24.4. The number of benzene rings is 4. The van der Waals surface area contributed by atoms with Crippen molar-refractivity contribution in [1.29, 1.82) is 0 Å². The number of amides is 5. The fourth-order valence-corrected chi connectivity index (χ4v) is 6.07. The van der Waals surface area contributed by atoms with Gasteiger partial charge in [0.05, 0.1) is 32.3 Å². The molecule has 1 unspecified atom stereocenters. The standard InChI is InChI=1S/C36H32N4O8S/c1-46-28-18-21(19-29(47-2)32(28)48-3)17-27(39-34(43)23-7-5-4-6-8-23)35(44)38-24-11-15-26(16-12-24)49-30-20-31(41)40(36(30)45)25-13-9-22(10-14-25)33(37)42/h4-19,30H,20H2,1-3H3,(H2,37,42)(H,38,44)(H,39,43)/b27-17-. The van der Waals surface area contributed by atoms with Crippen LogP contribution >= 0.6 is 11.8 Å². The molecule has 4 aromatic carbocycles. The monoisotopic (exact) mass is 680 g/mol. The summed E-state index contributed by atoms with van der Waals surface area (Å²) < 4.78 is 16.3. The van der Waals surface area contributed by atoms with Crippen molar-refractivity contribution < 1.29 is 38.2 Å². The molecule has 1 saturated heterocycles. The minimum Gasteiger partial charge on any atom is -0.493 e. The van der Waals surface area contributed by atoms with E-state index in [-0.39, 0.29) is 29.5 Å². The maximum Gasteiger partial charge on any atom is 0.272 e. The molecule has 0 spiro atoms. The fraction of sp³-hybridized carbons (Fsp3) is 0.139. The van der Waals surface area contributed by atoms with Crippen molar-refractivity contribution >= 4 is 58.7 Å². The number of rotatable bonds is 12. The molecule has 1 heterocycles. The van der Waals surface area contributed by atoms with E-state index in [1.54, 1.807) is 66.7 Å². The molecule has 4 N–H and O–H groups in total. The third-order valence-corrected chi connectivity index (χ3v) is 8.63. The van der Waals surface area contributed by atoms with Crippen LogP contribution in [0.2, 0.25) is 0 Å². The molecular weight excluding hydrogens is 648 g/mol. The normalized spacial score (nSPS) is 14.3. The lowest BCUT2D eigenvalue weighted by Gasteiger charge is -2.15. The molecule has 5 amide bonds. The van der Waals surface area contributed by atoms with Crippen molar-refractivity contribution in [3.8, 4) is 17.2 Å². The zero-order valence-corrected chi connectivity index (χ0v) is 27.5. The predicted octanol–water partition coefficient (Wildman–Crippen LogP) is 4.65. The van der Waals surface area contributed by atoms with E-state index in [1.165, 1.54) is 63.4 Å². The average molecular weight is 681 g/mol. The van der Waals surface area contributed by atoms with Gasteiger partial charge in [-0.15, -0.1) is 11.8 Å². The van der Waals surface area contributed by atoms with Gasteiger partial charge < -0.3 is 30.6 Å². The lowest BCUT2D eigenvalue weighted by molar-refractivity contribution is -0.121. The van der Waals surface area contributed by atoms with Gasteiger partial charge in [-0.3, -0.25) is 24.0 Å². The van der Waals surface area contributed by atoms with E-state index in [1.807, 2.05) is 0 Å². The number of hydrogen-bond acceptors (Lipinski definition) is 9. The molecule has 0 aromatic heterocycles. The molecule has 0 saturated carbocycles. The van der Waals surface area contributed by atoms with Crippen molar-refractivity contribution in [2.45, 2.75) is 16.6 Å². The van der Waals surface area contributed by atoms with E-state index >= 15 is 0 Å². The second-order valence-electron chi connectivity index (χ2n) is 10.6. The van der Waals surface area contributed by atoms with Crippen molar-refractivity contribution in [3.05, 3.63) is 113 Å². The summed E-state index contributed by atoms with van der Waals surface area (Å²) in [5.74, 6) is -1.35. The minimum atomic E-state index is -0.662. The molecule has 4 aromatic rings. The van der Waals surface area contributed by atoms with E-state index in [4.69, 9.17) is 19.9 Å². The lowest BCUT2D eigenvalue weighted by atomic mass is 10.1. The maximum atomic E-state index is 13.6. The Bertz CT molecular complexity index is 1900. The van der Waals surface area contributed by atoms with Crippen LogP contribution in [-0.4, -0.2) is 56.1 Å². The summed E-state index contributed by atoms with van der Waals surface area (Å²) in [6.45, 7) is 0. The van der Waals surface area contributed by atoms with E-state index in [9.17, 15) is 24.0 Å². The van der Waals surface area contributed by atoms with Gasteiger partial charge in [0.2, 0.25) is 23.5 Å². The largest absolute Gasteiger partial charge is 0.493 e. The number of anilines is 2. The Morgan fingerprint density at radius 1 is 0.837 bits per heavy atom. The molecular formula is C36H32N4O8S. The molecule has 0 aliphatic carbocycles. The first-order valence-corrected chi connectivity index (χ1v) is 15.7. The van der Waals surface area contributed by atoms with Gasteiger partial charge in [0.25, 0.3) is 11.8 Å². The molecule has 0 radical (unpaired) electrons. The zero-order valence-electron chi connectivity index (χ0n) is 26.7. The van der Waals surface area contributed by atoms with Crippen LogP contribution in [0.3, 0.4) is 0 Å². The van der Waals surface area contributed by atoms with Crippen LogP contribution in [0.5, 0.6) is 17.2 Å².